The lowest BCUT2D eigenvalue weighted by Crippen LogP contribution is -2.42. The number of rotatable bonds is 2. The van der Waals surface area contributed by atoms with Gasteiger partial charge in [-0.1, -0.05) is 6.07 Å². The first-order valence-corrected chi connectivity index (χ1v) is 9.07. The molecule has 0 saturated carbocycles. The van der Waals surface area contributed by atoms with E-state index in [1.165, 1.54) is 0 Å². The van der Waals surface area contributed by atoms with Crippen LogP contribution in [0.1, 0.15) is 29.7 Å². The average molecular weight is 364 g/mol. The number of nitriles is 1. The molecule has 2 aliphatic heterocycles. The number of H-pyrrole nitrogens is 1. The molecule has 0 aliphatic carbocycles. The minimum Gasteiger partial charge on any atom is -0.342 e. The molecule has 0 atom stereocenters. The van der Waals surface area contributed by atoms with Gasteiger partial charge in [0.2, 0.25) is 5.95 Å². The topological polar surface area (TPSA) is 105 Å². The number of urea groups is 1. The average Bonchev–Trinajstić information content (AvgIpc) is 3.22. The van der Waals surface area contributed by atoms with E-state index in [1.54, 1.807) is 29.2 Å². The van der Waals surface area contributed by atoms with Crippen molar-refractivity contribution in [2.24, 2.45) is 0 Å². The van der Waals surface area contributed by atoms with Gasteiger partial charge in [0.1, 0.15) is 0 Å². The van der Waals surface area contributed by atoms with E-state index >= 15 is 0 Å². The molecule has 1 saturated heterocycles. The summed E-state index contributed by atoms with van der Waals surface area (Å²) < 4.78 is 0. The van der Waals surface area contributed by atoms with Gasteiger partial charge >= 0.3 is 6.03 Å². The molecular weight excluding hydrogens is 344 g/mol. The van der Waals surface area contributed by atoms with Crippen LogP contribution in [0.2, 0.25) is 0 Å². The maximum absolute atomic E-state index is 12.6. The standard InChI is InChI=1S/C19H20N6O2/c20-11-13-4-3-5-14(10-13)21-19(27)25-9-6-16-15(12-25)17(26)23-18(22-16)24-7-1-2-8-24/h3-5,10H,1-2,6-9,12H2,(H,21,27)(H,22,23,26). The fourth-order valence-corrected chi connectivity index (χ4v) is 3.53. The summed E-state index contributed by atoms with van der Waals surface area (Å²) in [7, 11) is 0. The lowest BCUT2D eigenvalue weighted by Gasteiger charge is -2.28. The quantitative estimate of drug-likeness (QED) is 0.846. The molecule has 0 unspecified atom stereocenters. The lowest BCUT2D eigenvalue weighted by atomic mass is 10.1. The molecule has 4 rings (SSSR count). The fraction of sp³-hybridized carbons (Fsp3) is 0.368. The summed E-state index contributed by atoms with van der Waals surface area (Å²) in [4.78, 5) is 36.3. The second-order valence-corrected chi connectivity index (χ2v) is 6.80. The van der Waals surface area contributed by atoms with Gasteiger partial charge in [-0.15, -0.1) is 0 Å². The molecule has 2 aliphatic rings. The van der Waals surface area contributed by atoms with Gasteiger partial charge in [0.05, 0.1) is 29.4 Å². The van der Waals surface area contributed by atoms with Crippen LogP contribution in [0.5, 0.6) is 0 Å². The Morgan fingerprint density at radius 3 is 2.85 bits per heavy atom. The number of aromatic nitrogens is 2. The van der Waals surface area contributed by atoms with Gasteiger partial charge in [-0.2, -0.15) is 5.26 Å². The Hall–Kier alpha value is -3.34. The first kappa shape index (κ1) is 17.1. The van der Waals surface area contributed by atoms with Crippen molar-refractivity contribution in [2.75, 3.05) is 29.9 Å². The number of carbonyl (C=O) groups is 1. The first-order valence-electron chi connectivity index (χ1n) is 9.07. The normalized spacial score (nSPS) is 16.0. The summed E-state index contributed by atoms with van der Waals surface area (Å²) in [6, 6.07) is 8.49. The number of anilines is 2. The van der Waals surface area contributed by atoms with Crippen molar-refractivity contribution < 1.29 is 4.79 Å². The highest BCUT2D eigenvalue weighted by molar-refractivity contribution is 5.89. The number of amides is 2. The van der Waals surface area contributed by atoms with E-state index in [-0.39, 0.29) is 18.1 Å². The molecule has 1 aromatic carbocycles. The van der Waals surface area contributed by atoms with Gasteiger partial charge < -0.3 is 15.1 Å². The van der Waals surface area contributed by atoms with Gasteiger partial charge in [-0.3, -0.25) is 9.78 Å². The first-order chi connectivity index (χ1) is 13.1. The second-order valence-electron chi connectivity index (χ2n) is 6.80. The van der Waals surface area contributed by atoms with E-state index < -0.39 is 0 Å². The zero-order valence-electron chi connectivity index (χ0n) is 14.9. The SMILES string of the molecule is N#Cc1cccc(NC(=O)N2CCc3nc(N4CCCC4)[nH]c(=O)c3C2)c1. The van der Waals surface area contributed by atoms with E-state index in [0.717, 1.165) is 31.6 Å². The van der Waals surface area contributed by atoms with Crippen molar-refractivity contribution >= 4 is 17.7 Å². The highest BCUT2D eigenvalue weighted by Crippen LogP contribution is 2.20. The molecule has 2 aromatic rings. The van der Waals surface area contributed by atoms with Crippen LogP contribution in [0.15, 0.2) is 29.1 Å². The van der Waals surface area contributed by atoms with E-state index in [0.29, 0.717) is 35.7 Å². The Bertz CT molecular complexity index is 971. The molecule has 1 fully saturated rings. The number of fused-ring (bicyclic) bond motifs is 1. The zero-order valence-corrected chi connectivity index (χ0v) is 14.9. The number of nitrogens with zero attached hydrogens (tertiary/aromatic N) is 4. The van der Waals surface area contributed by atoms with Crippen LogP contribution in [-0.4, -0.2) is 40.5 Å². The van der Waals surface area contributed by atoms with Gasteiger partial charge in [-0.25, -0.2) is 9.78 Å². The Kier molecular flexibility index (Phi) is 4.50. The Morgan fingerprint density at radius 2 is 2.07 bits per heavy atom. The summed E-state index contributed by atoms with van der Waals surface area (Å²) in [5, 5.41) is 11.8. The van der Waals surface area contributed by atoms with Crippen molar-refractivity contribution in [1.29, 1.82) is 5.26 Å². The van der Waals surface area contributed by atoms with Gasteiger partial charge in [0, 0.05) is 31.7 Å². The molecule has 3 heterocycles. The maximum atomic E-state index is 12.6. The number of carbonyl (C=O) groups excluding carboxylic acids is 1. The van der Waals surface area contributed by atoms with E-state index in [2.05, 4.69) is 20.2 Å². The molecule has 2 N–H and O–H groups in total. The van der Waals surface area contributed by atoms with Gasteiger partial charge in [0.25, 0.3) is 5.56 Å². The monoisotopic (exact) mass is 364 g/mol. The molecule has 2 amide bonds. The Balaban J connectivity index is 1.50. The summed E-state index contributed by atoms with van der Waals surface area (Å²) in [5.41, 5.74) is 2.18. The van der Waals surface area contributed by atoms with E-state index in [1.807, 2.05) is 6.07 Å². The van der Waals surface area contributed by atoms with Crippen LogP contribution >= 0.6 is 0 Å². The summed E-state index contributed by atoms with van der Waals surface area (Å²) in [5.74, 6) is 0.641. The summed E-state index contributed by atoms with van der Waals surface area (Å²) in [6.45, 7) is 2.55. The van der Waals surface area contributed by atoms with E-state index in [4.69, 9.17) is 5.26 Å². The third-order valence-corrected chi connectivity index (χ3v) is 4.99. The van der Waals surface area contributed by atoms with Crippen molar-refractivity contribution in [3.05, 3.63) is 51.4 Å². The molecule has 8 nitrogen and oxygen atoms in total. The highest BCUT2D eigenvalue weighted by atomic mass is 16.2. The second kappa shape index (κ2) is 7.11. The molecular formula is C19H20N6O2. The fourth-order valence-electron chi connectivity index (χ4n) is 3.53. The number of aromatic amines is 1. The third kappa shape index (κ3) is 3.49. The van der Waals surface area contributed by atoms with Crippen LogP contribution in [0.4, 0.5) is 16.4 Å². The van der Waals surface area contributed by atoms with Crippen LogP contribution in [-0.2, 0) is 13.0 Å². The smallest absolute Gasteiger partial charge is 0.322 e. The maximum Gasteiger partial charge on any atom is 0.322 e. The molecule has 1 aromatic heterocycles. The number of benzene rings is 1. The Morgan fingerprint density at radius 1 is 1.26 bits per heavy atom. The molecule has 8 heteroatoms. The zero-order chi connectivity index (χ0) is 18.8. The van der Waals surface area contributed by atoms with E-state index in [9.17, 15) is 9.59 Å². The van der Waals surface area contributed by atoms with Crippen molar-refractivity contribution in [3.8, 4) is 6.07 Å². The molecule has 0 radical (unpaired) electrons. The molecule has 0 spiro atoms. The minimum atomic E-state index is -0.293. The van der Waals surface area contributed by atoms with Crippen LogP contribution in [0.3, 0.4) is 0 Å². The molecule has 27 heavy (non-hydrogen) atoms. The van der Waals surface area contributed by atoms with Crippen molar-refractivity contribution in [1.82, 2.24) is 14.9 Å². The lowest BCUT2D eigenvalue weighted by molar-refractivity contribution is 0.205. The minimum absolute atomic E-state index is 0.175. The molecule has 138 valence electrons. The van der Waals surface area contributed by atoms with Gasteiger partial charge in [0.15, 0.2) is 0 Å². The van der Waals surface area contributed by atoms with Crippen LogP contribution < -0.4 is 15.8 Å². The molecule has 0 bridgehead atoms. The largest absolute Gasteiger partial charge is 0.342 e. The summed E-state index contributed by atoms with van der Waals surface area (Å²) >= 11 is 0. The van der Waals surface area contributed by atoms with Crippen LogP contribution in [0, 0.1) is 11.3 Å². The number of hydrogen-bond acceptors (Lipinski definition) is 5. The Labute approximate surface area is 156 Å². The highest BCUT2D eigenvalue weighted by Gasteiger charge is 2.26. The third-order valence-electron chi connectivity index (χ3n) is 4.99. The summed E-state index contributed by atoms with van der Waals surface area (Å²) in [6.07, 6.45) is 2.77. The van der Waals surface area contributed by atoms with Crippen molar-refractivity contribution in [2.45, 2.75) is 25.8 Å². The van der Waals surface area contributed by atoms with Crippen LogP contribution in [0.25, 0.3) is 0 Å². The predicted molar refractivity (Wildman–Crippen MR) is 101 cm³/mol. The number of hydrogen-bond donors (Lipinski definition) is 2. The van der Waals surface area contributed by atoms with Crippen molar-refractivity contribution in [3.63, 3.8) is 0 Å². The number of nitrogens with one attached hydrogen (secondary N) is 2. The van der Waals surface area contributed by atoms with Gasteiger partial charge in [-0.05, 0) is 31.0 Å². The predicted octanol–water partition coefficient (Wildman–Crippen LogP) is 1.83.